The quantitative estimate of drug-likeness (QED) is 0.654. The van der Waals surface area contributed by atoms with Gasteiger partial charge >= 0.3 is 0 Å². The van der Waals surface area contributed by atoms with E-state index in [4.69, 9.17) is 0 Å². The SMILES string of the molecule is CNC(C)CN(CCN(C)C)CC(C)C. The zero-order valence-electron chi connectivity index (χ0n) is 11.4. The summed E-state index contributed by atoms with van der Waals surface area (Å²) in [5, 5.41) is 3.30. The average molecular weight is 215 g/mol. The first-order valence-electron chi connectivity index (χ1n) is 6.00. The summed E-state index contributed by atoms with van der Waals surface area (Å²) >= 11 is 0. The van der Waals surface area contributed by atoms with Crippen LogP contribution in [0.25, 0.3) is 0 Å². The molecule has 15 heavy (non-hydrogen) atoms. The molecule has 0 saturated carbocycles. The van der Waals surface area contributed by atoms with E-state index in [9.17, 15) is 0 Å². The van der Waals surface area contributed by atoms with Crippen molar-refractivity contribution in [3.8, 4) is 0 Å². The zero-order chi connectivity index (χ0) is 11.8. The molecule has 0 aromatic carbocycles. The minimum absolute atomic E-state index is 0.575. The van der Waals surface area contributed by atoms with Gasteiger partial charge in [0.05, 0.1) is 0 Å². The van der Waals surface area contributed by atoms with E-state index in [0.717, 1.165) is 25.6 Å². The van der Waals surface area contributed by atoms with Crippen molar-refractivity contribution in [3.63, 3.8) is 0 Å². The first kappa shape index (κ1) is 14.9. The van der Waals surface area contributed by atoms with Crippen molar-refractivity contribution in [2.75, 3.05) is 47.3 Å². The van der Waals surface area contributed by atoms with Crippen LogP contribution in [-0.2, 0) is 0 Å². The predicted molar refractivity (Wildman–Crippen MR) is 68.4 cm³/mol. The van der Waals surface area contributed by atoms with E-state index in [1.165, 1.54) is 6.54 Å². The lowest BCUT2D eigenvalue weighted by Crippen LogP contribution is -2.42. The summed E-state index contributed by atoms with van der Waals surface area (Å²) in [5.74, 6) is 0.746. The van der Waals surface area contributed by atoms with Crippen molar-refractivity contribution in [1.29, 1.82) is 0 Å². The van der Waals surface area contributed by atoms with Gasteiger partial charge in [0.2, 0.25) is 0 Å². The monoisotopic (exact) mass is 215 g/mol. The van der Waals surface area contributed by atoms with E-state index >= 15 is 0 Å². The molecule has 0 heterocycles. The summed E-state index contributed by atoms with van der Waals surface area (Å²) in [4.78, 5) is 4.79. The van der Waals surface area contributed by atoms with E-state index in [2.05, 4.69) is 50.0 Å². The Morgan fingerprint density at radius 3 is 2.00 bits per heavy atom. The topological polar surface area (TPSA) is 18.5 Å². The fraction of sp³-hybridized carbons (Fsp3) is 1.00. The normalized spacial score (nSPS) is 14.2. The molecule has 0 aliphatic rings. The standard InChI is InChI=1S/C12H29N3/c1-11(2)9-15(8-7-14(5)6)10-12(3)13-4/h11-13H,7-10H2,1-6H3. The van der Waals surface area contributed by atoms with Crippen LogP contribution in [0.5, 0.6) is 0 Å². The first-order valence-corrected chi connectivity index (χ1v) is 6.00. The molecule has 1 N–H and O–H groups in total. The lowest BCUT2D eigenvalue weighted by Gasteiger charge is -2.28. The number of nitrogens with zero attached hydrogens (tertiary/aromatic N) is 2. The fourth-order valence-electron chi connectivity index (χ4n) is 1.59. The van der Waals surface area contributed by atoms with E-state index in [0.29, 0.717) is 6.04 Å². The third-order valence-electron chi connectivity index (χ3n) is 2.51. The minimum Gasteiger partial charge on any atom is -0.316 e. The van der Waals surface area contributed by atoms with Crippen LogP contribution in [0, 0.1) is 5.92 Å². The molecule has 0 fully saturated rings. The van der Waals surface area contributed by atoms with Crippen LogP contribution in [0.1, 0.15) is 20.8 Å². The predicted octanol–water partition coefficient (Wildman–Crippen LogP) is 1.11. The van der Waals surface area contributed by atoms with Gasteiger partial charge in [0.15, 0.2) is 0 Å². The van der Waals surface area contributed by atoms with Gasteiger partial charge in [-0.2, -0.15) is 0 Å². The second-order valence-electron chi connectivity index (χ2n) is 5.15. The largest absolute Gasteiger partial charge is 0.316 e. The third kappa shape index (κ3) is 8.85. The Hall–Kier alpha value is -0.120. The van der Waals surface area contributed by atoms with Crippen molar-refractivity contribution in [3.05, 3.63) is 0 Å². The van der Waals surface area contributed by atoms with Crippen molar-refractivity contribution in [1.82, 2.24) is 15.1 Å². The van der Waals surface area contributed by atoms with Gasteiger partial charge in [-0.3, -0.25) is 0 Å². The molecule has 0 aromatic heterocycles. The Kier molecular flexibility index (Phi) is 8.02. The molecule has 3 nitrogen and oxygen atoms in total. The fourth-order valence-corrected chi connectivity index (χ4v) is 1.59. The van der Waals surface area contributed by atoms with Gasteiger partial charge < -0.3 is 15.1 Å². The summed E-state index contributed by atoms with van der Waals surface area (Å²) in [6.07, 6.45) is 0. The van der Waals surface area contributed by atoms with Gasteiger partial charge in [-0.05, 0) is 34.0 Å². The Balaban J connectivity index is 3.94. The van der Waals surface area contributed by atoms with Crippen LogP contribution in [0.15, 0.2) is 0 Å². The van der Waals surface area contributed by atoms with Gasteiger partial charge in [0.1, 0.15) is 0 Å². The molecule has 0 spiro atoms. The maximum Gasteiger partial charge on any atom is 0.0163 e. The summed E-state index contributed by atoms with van der Waals surface area (Å²) in [5.41, 5.74) is 0. The molecule has 0 amide bonds. The Morgan fingerprint density at radius 1 is 1.00 bits per heavy atom. The van der Waals surface area contributed by atoms with Crippen molar-refractivity contribution >= 4 is 0 Å². The van der Waals surface area contributed by atoms with Crippen LogP contribution in [0.2, 0.25) is 0 Å². The molecule has 0 aliphatic carbocycles. The molecule has 0 rings (SSSR count). The molecule has 0 saturated heterocycles. The zero-order valence-corrected chi connectivity index (χ0v) is 11.4. The number of hydrogen-bond acceptors (Lipinski definition) is 3. The summed E-state index contributed by atoms with van der Waals surface area (Å²) in [7, 11) is 6.30. The Labute approximate surface area is 95.8 Å². The Morgan fingerprint density at radius 2 is 1.60 bits per heavy atom. The van der Waals surface area contributed by atoms with Gasteiger partial charge in [0, 0.05) is 32.2 Å². The molecule has 1 unspecified atom stereocenters. The molecule has 92 valence electrons. The van der Waals surface area contributed by atoms with Crippen molar-refractivity contribution < 1.29 is 0 Å². The number of rotatable bonds is 8. The molecule has 0 bridgehead atoms. The van der Waals surface area contributed by atoms with Crippen molar-refractivity contribution in [2.45, 2.75) is 26.8 Å². The van der Waals surface area contributed by atoms with Crippen LogP contribution in [-0.4, -0.2) is 63.2 Å². The second-order valence-corrected chi connectivity index (χ2v) is 5.15. The maximum absolute atomic E-state index is 3.30. The molecule has 0 aromatic rings. The van der Waals surface area contributed by atoms with Gasteiger partial charge in [0.25, 0.3) is 0 Å². The average Bonchev–Trinajstić information content (AvgIpc) is 2.13. The van der Waals surface area contributed by atoms with Gasteiger partial charge in [-0.1, -0.05) is 13.8 Å². The summed E-state index contributed by atoms with van der Waals surface area (Å²) in [6.45, 7) is 11.4. The highest BCUT2D eigenvalue weighted by molar-refractivity contribution is 4.68. The van der Waals surface area contributed by atoms with E-state index in [1.54, 1.807) is 0 Å². The Bertz CT molecular complexity index is 146. The molecule has 1 atom stereocenters. The van der Waals surface area contributed by atoms with E-state index in [1.807, 2.05) is 7.05 Å². The molecule has 0 aliphatic heterocycles. The maximum atomic E-state index is 3.30. The van der Waals surface area contributed by atoms with Gasteiger partial charge in [-0.15, -0.1) is 0 Å². The number of nitrogens with one attached hydrogen (secondary N) is 1. The molecular formula is C12H29N3. The summed E-state index contributed by atoms with van der Waals surface area (Å²) in [6, 6.07) is 0.575. The van der Waals surface area contributed by atoms with Crippen LogP contribution in [0.4, 0.5) is 0 Å². The van der Waals surface area contributed by atoms with Crippen LogP contribution in [0.3, 0.4) is 0 Å². The third-order valence-corrected chi connectivity index (χ3v) is 2.51. The first-order chi connectivity index (χ1) is 6.95. The molecular weight excluding hydrogens is 186 g/mol. The van der Waals surface area contributed by atoms with Gasteiger partial charge in [-0.25, -0.2) is 0 Å². The lowest BCUT2D eigenvalue weighted by atomic mass is 10.2. The van der Waals surface area contributed by atoms with Crippen LogP contribution >= 0.6 is 0 Å². The van der Waals surface area contributed by atoms with Crippen LogP contribution < -0.4 is 5.32 Å². The van der Waals surface area contributed by atoms with Crippen molar-refractivity contribution in [2.24, 2.45) is 5.92 Å². The summed E-state index contributed by atoms with van der Waals surface area (Å²) < 4.78 is 0. The number of hydrogen-bond donors (Lipinski definition) is 1. The molecule has 0 radical (unpaired) electrons. The lowest BCUT2D eigenvalue weighted by molar-refractivity contribution is 0.204. The van der Waals surface area contributed by atoms with E-state index in [-0.39, 0.29) is 0 Å². The highest BCUT2D eigenvalue weighted by Gasteiger charge is 2.10. The minimum atomic E-state index is 0.575. The highest BCUT2D eigenvalue weighted by atomic mass is 15.2. The smallest absolute Gasteiger partial charge is 0.0163 e. The molecule has 3 heteroatoms. The van der Waals surface area contributed by atoms with E-state index < -0.39 is 0 Å². The number of likely N-dealkylation sites (N-methyl/N-ethyl adjacent to an activating group) is 2. The second kappa shape index (κ2) is 8.08. The highest BCUT2D eigenvalue weighted by Crippen LogP contribution is 2.00.